The first kappa shape index (κ1) is 13.0. The largest absolute Gasteiger partial charge is 0.409 e. The zero-order valence-electron chi connectivity index (χ0n) is 10.2. The van der Waals surface area contributed by atoms with E-state index in [-0.39, 0.29) is 11.7 Å². The smallest absolute Gasteiger partial charge is 0.251 e. The summed E-state index contributed by atoms with van der Waals surface area (Å²) in [5.74, 6) is -0.269. The number of benzene rings is 1. The standard InChI is InChI=1S/C12H17N3O2/c1-7-4-5-10(6-8(7)2)12(16)14-9(3)11(13)15-17/h4-6,9,17H,1-3H3,(H2,13,15)(H,14,16). The minimum Gasteiger partial charge on any atom is -0.409 e. The minimum absolute atomic E-state index is 0.0258. The van der Waals surface area contributed by atoms with Gasteiger partial charge in [-0.3, -0.25) is 4.79 Å². The third kappa shape index (κ3) is 3.21. The van der Waals surface area contributed by atoms with Crippen LogP contribution in [0.15, 0.2) is 23.4 Å². The van der Waals surface area contributed by atoms with Gasteiger partial charge >= 0.3 is 0 Å². The molecule has 0 aliphatic carbocycles. The summed E-state index contributed by atoms with van der Waals surface area (Å²) in [4.78, 5) is 11.8. The molecular formula is C12H17N3O2. The summed E-state index contributed by atoms with van der Waals surface area (Å²) in [6.07, 6.45) is 0. The van der Waals surface area contributed by atoms with E-state index >= 15 is 0 Å². The predicted octanol–water partition coefficient (Wildman–Crippen LogP) is 1.17. The van der Waals surface area contributed by atoms with Crippen molar-refractivity contribution in [3.8, 4) is 0 Å². The van der Waals surface area contributed by atoms with E-state index in [1.165, 1.54) is 0 Å². The van der Waals surface area contributed by atoms with Crippen LogP contribution in [-0.2, 0) is 0 Å². The molecule has 0 saturated carbocycles. The van der Waals surface area contributed by atoms with Crippen molar-refractivity contribution in [2.45, 2.75) is 26.8 Å². The Kier molecular flexibility index (Phi) is 4.09. The first-order chi connectivity index (χ1) is 7.95. The number of amidine groups is 1. The van der Waals surface area contributed by atoms with E-state index in [9.17, 15) is 4.79 Å². The van der Waals surface area contributed by atoms with Crippen molar-refractivity contribution < 1.29 is 10.0 Å². The lowest BCUT2D eigenvalue weighted by Gasteiger charge is -2.12. The molecule has 5 nitrogen and oxygen atoms in total. The normalized spacial score (nSPS) is 13.2. The van der Waals surface area contributed by atoms with Gasteiger partial charge in [-0.15, -0.1) is 0 Å². The number of carbonyl (C=O) groups is 1. The molecule has 1 amide bonds. The lowest BCUT2D eigenvalue weighted by atomic mass is 10.1. The Hall–Kier alpha value is -2.04. The van der Waals surface area contributed by atoms with Gasteiger partial charge in [-0.2, -0.15) is 0 Å². The maximum absolute atomic E-state index is 11.8. The first-order valence-corrected chi connectivity index (χ1v) is 5.31. The summed E-state index contributed by atoms with van der Waals surface area (Å²) in [5.41, 5.74) is 8.12. The molecule has 0 radical (unpaired) electrons. The minimum atomic E-state index is -0.505. The first-order valence-electron chi connectivity index (χ1n) is 5.31. The van der Waals surface area contributed by atoms with Crippen LogP contribution in [0.25, 0.3) is 0 Å². The molecule has 0 heterocycles. The summed E-state index contributed by atoms with van der Waals surface area (Å²) in [6, 6.07) is 4.94. The van der Waals surface area contributed by atoms with E-state index in [2.05, 4.69) is 10.5 Å². The average molecular weight is 235 g/mol. The molecule has 4 N–H and O–H groups in total. The zero-order valence-corrected chi connectivity index (χ0v) is 10.2. The Labute approximate surface area is 100 Å². The molecular weight excluding hydrogens is 218 g/mol. The lowest BCUT2D eigenvalue weighted by molar-refractivity contribution is 0.0948. The van der Waals surface area contributed by atoms with E-state index in [0.717, 1.165) is 11.1 Å². The van der Waals surface area contributed by atoms with Gasteiger partial charge in [-0.1, -0.05) is 11.2 Å². The van der Waals surface area contributed by atoms with Crippen molar-refractivity contribution in [1.29, 1.82) is 0 Å². The molecule has 0 bridgehead atoms. The second-order valence-corrected chi connectivity index (χ2v) is 4.02. The maximum atomic E-state index is 11.8. The number of rotatable bonds is 3. The highest BCUT2D eigenvalue weighted by Gasteiger charge is 2.13. The second-order valence-electron chi connectivity index (χ2n) is 4.02. The van der Waals surface area contributed by atoms with Gasteiger partial charge in [0, 0.05) is 5.56 Å². The van der Waals surface area contributed by atoms with Gasteiger partial charge in [-0.25, -0.2) is 0 Å². The van der Waals surface area contributed by atoms with Crippen LogP contribution >= 0.6 is 0 Å². The third-order valence-electron chi connectivity index (χ3n) is 2.68. The van der Waals surface area contributed by atoms with E-state index in [1.807, 2.05) is 26.0 Å². The van der Waals surface area contributed by atoms with Crippen LogP contribution in [0.2, 0.25) is 0 Å². The fraction of sp³-hybridized carbons (Fsp3) is 0.333. The molecule has 1 unspecified atom stereocenters. The summed E-state index contributed by atoms with van der Waals surface area (Å²) in [6.45, 7) is 5.57. The summed E-state index contributed by atoms with van der Waals surface area (Å²) < 4.78 is 0. The highest BCUT2D eigenvalue weighted by molar-refractivity contribution is 5.98. The molecule has 0 aromatic heterocycles. The second kappa shape index (κ2) is 5.34. The molecule has 5 heteroatoms. The molecule has 0 aliphatic heterocycles. The number of hydrogen-bond donors (Lipinski definition) is 3. The summed E-state index contributed by atoms with van der Waals surface area (Å²) >= 11 is 0. The molecule has 1 aromatic carbocycles. The summed E-state index contributed by atoms with van der Waals surface area (Å²) in [5, 5.41) is 14.0. The van der Waals surface area contributed by atoms with E-state index < -0.39 is 6.04 Å². The highest BCUT2D eigenvalue weighted by atomic mass is 16.4. The van der Waals surface area contributed by atoms with Crippen molar-refractivity contribution in [2.75, 3.05) is 0 Å². The van der Waals surface area contributed by atoms with Gasteiger partial charge in [0.2, 0.25) is 0 Å². The zero-order chi connectivity index (χ0) is 13.0. The highest BCUT2D eigenvalue weighted by Crippen LogP contribution is 2.09. The summed E-state index contributed by atoms with van der Waals surface area (Å²) in [7, 11) is 0. The number of carbonyl (C=O) groups excluding carboxylic acids is 1. The van der Waals surface area contributed by atoms with Crippen LogP contribution in [0.1, 0.15) is 28.4 Å². The Bertz CT molecular complexity index is 455. The Morgan fingerprint density at radius 2 is 2.06 bits per heavy atom. The van der Waals surface area contributed by atoms with Crippen LogP contribution < -0.4 is 11.1 Å². The number of nitrogens with two attached hydrogens (primary N) is 1. The number of nitrogens with one attached hydrogen (secondary N) is 1. The number of aryl methyl sites for hydroxylation is 2. The van der Waals surface area contributed by atoms with Gasteiger partial charge in [-0.05, 0) is 44.0 Å². The maximum Gasteiger partial charge on any atom is 0.251 e. The topological polar surface area (TPSA) is 87.7 Å². The Morgan fingerprint density at radius 1 is 1.41 bits per heavy atom. The van der Waals surface area contributed by atoms with E-state index in [4.69, 9.17) is 10.9 Å². The molecule has 0 spiro atoms. The molecule has 1 aromatic rings. The molecule has 17 heavy (non-hydrogen) atoms. The van der Waals surface area contributed by atoms with Gasteiger partial charge in [0.15, 0.2) is 5.84 Å². The molecule has 0 saturated heterocycles. The quantitative estimate of drug-likeness (QED) is 0.318. The van der Waals surface area contributed by atoms with E-state index in [1.54, 1.807) is 13.0 Å². The molecule has 92 valence electrons. The van der Waals surface area contributed by atoms with Crippen LogP contribution in [-0.4, -0.2) is 23.0 Å². The van der Waals surface area contributed by atoms with Crippen LogP contribution in [0.3, 0.4) is 0 Å². The Morgan fingerprint density at radius 3 is 2.59 bits per heavy atom. The molecule has 0 fully saturated rings. The molecule has 1 rings (SSSR count). The predicted molar refractivity (Wildman–Crippen MR) is 66.3 cm³/mol. The fourth-order valence-electron chi connectivity index (χ4n) is 1.32. The van der Waals surface area contributed by atoms with Gasteiger partial charge in [0.05, 0.1) is 6.04 Å². The number of oxime groups is 1. The number of hydrogen-bond acceptors (Lipinski definition) is 3. The van der Waals surface area contributed by atoms with Crippen molar-refractivity contribution in [2.24, 2.45) is 10.9 Å². The van der Waals surface area contributed by atoms with Crippen LogP contribution in [0.5, 0.6) is 0 Å². The average Bonchev–Trinajstić information content (AvgIpc) is 2.31. The van der Waals surface area contributed by atoms with Gasteiger partial charge in [0.25, 0.3) is 5.91 Å². The van der Waals surface area contributed by atoms with Crippen LogP contribution in [0, 0.1) is 13.8 Å². The lowest BCUT2D eigenvalue weighted by Crippen LogP contribution is -2.42. The monoisotopic (exact) mass is 235 g/mol. The third-order valence-corrected chi connectivity index (χ3v) is 2.68. The van der Waals surface area contributed by atoms with Crippen LogP contribution in [0.4, 0.5) is 0 Å². The molecule has 1 atom stereocenters. The van der Waals surface area contributed by atoms with Crippen molar-refractivity contribution in [1.82, 2.24) is 5.32 Å². The number of amides is 1. The fourth-order valence-corrected chi connectivity index (χ4v) is 1.32. The molecule has 0 aliphatic rings. The van der Waals surface area contributed by atoms with Crippen molar-refractivity contribution in [3.63, 3.8) is 0 Å². The van der Waals surface area contributed by atoms with Crippen molar-refractivity contribution in [3.05, 3.63) is 34.9 Å². The SMILES string of the molecule is Cc1ccc(C(=O)NC(C)/C(N)=N/O)cc1C. The van der Waals surface area contributed by atoms with Gasteiger partial charge < -0.3 is 16.3 Å². The van der Waals surface area contributed by atoms with Crippen molar-refractivity contribution >= 4 is 11.7 Å². The number of nitrogens with zero attached hydrogens (tertiary/aromatic N) is 1. The Balaban J connectivity index is 2.80. The van der Waals surface area contributed by atoms with E-state index in [0.29, 0.717) is 5.56 Å². The van der Waals surface area contributed by atoms with Gasteiger partial charge in [0.1, 0.15) is 0 Å².